The van der Waals surface area contributed by atoms with E-state index in [1.54, 1.807) is 6.08 Å². The second kappa shape index (κ2) is 4.88. The predicted molar refractivity (Wildman–Crippen MR) is 46.6 cm³/mol. The molecule has 0 saturated carbocycles. The highest BCUT2D eigenvalue weighted by Crippen LogP contribution is 2.11. The van der Waals surface area contributed by atoms with E-state index in [0.29, 0.717) is 5.92 Å². The lowest BCUT2D eigenvalue weighted by atomic mass is 10.00. The summed E-state index contributed by atoms with van der Waals surface area (Å²) >= 11 is 0. The van der Waals surface area contributed by atoms with Gasteiger partial charge in [0, 0.05) is 6.42 Å². The molecule has 0 bridgehead atoms. The van der Waals surface area contributed by atoms with Gasteiger partial charge in [-0.3, -0.25) is 0 Å². The lowest BCUT2D eigenvalue weighted by molar-refractivity contribution is 0.729. The van der Waals surface area contributed by atoms with Gasteiger partial charge in [-0.15, -0.1) is 11.8 Å². The van der Waals surface area contributed by atoms with Crippen LogP contribution in [0.25, 0.3) is 0 Å². The standard InChI is InChI=1S/C10H14/c1-5-7-8-10(4)9(3)6-2/h6,10H,2-3,8H2,1,4H3. The molecule has 0 nitrogen and oxygen atoms in total. The van der Waals surface area contributed by atoms with Crippen LogP contribution in [0.15, 0.2) is 24.8 Å². The van der Waals surface area contributed by atoms with Gasteiger partial charge in [0.2, 0.25) is 0 Å². The maximum Gasteiger partial charge on any atom is 0.0155 e. The Morgan fingerprint density at radius 2 is 2.30 bits per heavy atom. The third-order valence-electron chi connectivity index (χ3n) is 1.48. The van der Waals surface area contributed by atoms with Crippen LogP contribution in [0.1, 0.15) is 20.3 Å². The first-order valence-corrected chi connectivity index (χ1v) is 3.43. The van der Waals surface area contributed by atoms with Gasteiger partial charge in [-0.25, -0.2) is 0 Å². The van der Waals surface area contributed by atoms with Crippen molar-refractivity contribution in [3.05, 3.63) is 24.8 Å². The van der Waals surface area contributed by atoms with Crippen LogP contribution in [0, 0.1) is 17.8 Å². The molecule has 0 N–H and O–H groups in total. The fraction of sp³-hybridized carbons (Fsp3) is 0.400. The van der Waals surface area contributed by atoms with Crippen LogP contribution in [0.3, 0.4) is 0 Å². The van der Waals surface area contributed by atoms with E-state index in [1.165, 1.54) is 0 Å². The number of hydrogen-bond acceptors (Lipinski definition) is 0. The van der Waals surface area contributed by atoms with Crippen molar-refractivity contribution in [2.24, 2.45) is 5.92 Å². The highest BCUT2D eigenvalue weighted by atomic mass is 14.0. The zero-order valence-electron chi connectivity index (χ0n) is 6.78. The third-order valence-corrected chi connectivity index (χ3v) is 1.48. The van der Waals surface area contributed by atoms with Gasteiger partial charge in [-0.1, -0.05) is 31.7 Å². The fourth-order valence-corrected chi connectivity index (χ4v) is 0.587. The summed E-state index contributed by atoms with van der Waals surface area (Å²) in [6.45, 7) is 11.4. The molecule has 1 atom stereocenters. The summed E-state index contributed by atoms with van der Waals surface area (Å²) in [6.07, 6.45) is 2.68. The van der Waals surface area contributed by atoms with E-state index in [9.17, 15) is 0 Å². The topological polar surface area (TPSA) is 0 Å². The Labute approximate surface area is 63.6 Å². The Bertz CT molecular complexity index is 176. The predicted octanol–water partition coefficient (Wildman–Crippen LogP) is 2.78. The molecule has 0 aliphatic carbocycles. The van der Waals surface area contributed by atoms with Crippen molar-refractivity contribution in [3.63, 3.8) is 0 Å². The molecule has 0 aliphatic rings. The van der Waals surface area contributed by atoms with Gasteiger partial charge in [-0.05, 0) is 12.8 Å². The van der Waals surface area contributed by atoms with E-state index in [-0.39, 0.29) is 0 Å². The molecule has 0 spiro atoms. The average Bonchev–Trinajstić information content (AvgIpc) is 1.98. The molecule has 0 aromatic carbocycles. The van der Waals surface area contributed by atoms with Crippen LogP contribution >= 0.6 is 0 Å². The molecule has 0 radical (unpaired) electrons. The number of allylic oxidation sites excluding steroid dienone is 2. The molecule has 0 aromatic rings. The fourth-order valence-electron chi connectivity index (χ4n) is 0.587. The Kier molecular flexibility index (Phi) is 4.41. The summed E-state index contributed by atoms with van der Waals surface area (Å²) in [5.41, 5.74) is 1.07. The van der Waals surface area contributed by atoms with Crippen LogP contribution in [-0.2, 0) is 0 Å². The smallest absolute Gasteiger partial charge is 0.0155 e. The first-order valence-electron chi connectivity index (χ1n) is 3.43. The normalized spacial score (nSPS) is 11.0. The molecule has 0 aliphatic heterocycles. The van der Waals surface area contributed by atoms with Gasteiger partial charge in [-0.2, -0.15) is 0 Å². The maximum absolute atomic E-state index is 3.84. The first-order chi connectivity index (χ1) is 4.72. The first kappa shape index (κ1) is 9.04. The average molecular weight is 134 g/mol. The number of hydrogen-bond donors (Lipinski definition) is 0. The van der Waals surface area contributed by atoms with E-state index < -0.39 is 0 Å². The molecule has 0 aromatic heterocycles. The SMILES string of the molecule is C=CC(=C)C(C)CC#CC. The van der Waals surface area contributed by atoms with E-state index >= 15 is 0 Å². The molecular weight excluding hydrogens is 120 g/mol. The second-order valence-electron chi connectivity index (χ2n) is 2.31. The Morgan fingerprint density at radius 1 is 1.70 bits per heavy atom. The molecule has 0 heterocycles. The van der Waals surface area contributed by atoms with Crippen molar-refractivity contribution >= 4 is 0 Å². The Hall–Kier alpha value is -0.960. The summed E-state index contributed by atoms with van der Waals surface area (Å²) in [4.78, 5) is 0. The molecular formula is C10H14. The molecule has 0 fully saturated rings. The Balaban J connectivity index is 3.80. The van der Waals surface area contributed by atoms with Crippen molar-refractivity contribution in [3.8, 4) is 11.8 Å². The Morgan fingerprint density at radius 3 is 2.70 bits per heavy atom. The van der Waals surface area contributed by atoms with Crippen molar-refractivity contribution in [2.45, 2.75) is 20.3 Å². The summed E-state index contributed by atoms with van der Waals surface area (Å²) in [6, 6.07) is 0. The van der Waals surface area contributed by atoms with Gasteiger partial charge < -0.3 is 0 Å². The zero-order chi connectivity index (χ0) is 7.98. The lowest BCUT2D eigenvalue weighted by Crippen LogP contribution is -1.93. The largest absolute Gasteiger partial charge is 0.107 e. The molecule has 10 heavy (non-hydrogen) atoms. The van der Waals surface area contributed by atoms with Crippen LogP contribution in [0.2, 0.25) is 0 Å². The number of rotatable bonds is 3. The van der Waals surface area contributed by atoms with E-state index in [1.807, 2.05) is 6.92 Å². The molecule has 1 unspecified atom stereocenters. The molecule has 0 heteroatoms. The van der Waals surface area contributed by atoms with Gasteiger partial charge in [0.1, 0.15) is 0 Å². The summed E-state index contributed by atoms with van der Waals surface area (Å²) in [5, 5.41) is 0. The summed E-state index contributed by atoms with van der Waals surface area (Å²) in [5.74, 6) is 6.31. The zero-order valence-corrected chi connectivity index (χ0v) is 6.78. The third kappa shape index (κ3) is 3.14. The van der Waals surface area contributed by atoms with Gasteiger partial charge in [0.15, 0.2) is 0 Å². The molecule has 0 rings (SSSR count). The second-order valence-corrected chi connectivity index (χ2v) is 2.31. The minimum Gasteiger partial charge on any atom is -0.107 e. The summed E-state index contributed by atoms with van der Waals surface area (Å²) < 4.78 is 0. The van der Waals surface area contributed by atoms with Crippen molar-refractivity contribution in [1.29, 1.82) is 0 Å². The van der Waals surface area contributed by atoms with Crippen LogP contribution in [0.4, 0.5) is 0 Å². The molecule has 0 saturated heterocycles. The van der Waals surface area contributed by atoms with Crippen molar-refractivity contribution in [1.82, 2.24) is 0 Å². The summed E-state index contributed by atoms with van der Waals surface area (Å²) in [7, 11) is 0. The maximum atomic E-state index is 3.84. The van der Waals surface area contributed by atoms with Gasteiger partial charge in [0.25, 0.3) is 0 Å². The lowest BCUT2D eigenvalue weighted by Gasteiger charge is -2.05. The van der Waals surface area contributed by atoms with E-state index in [0.717, 1.165) is 12.0 Å². The van der Waals surface area contributed by atoms with E-state index in [2.05, 4.69) is 31.9 Å². The minimum absolute atomic E-state index is 0.449. The van der Waals surface area contributed by atoms with Crippen molar-refractivity contribution in [2.75, 3.05) is 0 Å². The van der Waals surface area contributed by atoms with Crippen LogP contribution in [-0.4, -0.2) is 0 Å². The van der Waals surface area contributed by atoms with Crippen LogP contribution < -0.4 is 0 Å². The molecule has 54 valence electrons. The monoisotopic (exact) mass is 134 g/mol. The van der Waals surface area contributed by atoms with Gasteiger partial charge >= 0.3 is 0 Å². The van der Waals surface area contributed by atoms with E-state index in [4.69, 9.17) is 0 Å². The highest BCUT2D eigenvalue weighted by Gasteiger charge is 1.99. The van der Waals surface area contributed by atoms with Gasteiger partial charge in [0.05, 0.1) is 0 Å². The van der Waals surface area contributed by atoms with Crippen molar-refractivity contribution < 1.29 is 0 Å². The minimum atomic E-state index is 0.449. The molecule has 0 amide bonds. The highest BCUT2D eigenvalue weighted by molar-refractivity contribution is 5.16. The quantitative estimate of drug-likeness (QED) is 0.411. The van der Waals surface area contributed by atoms with Crippen LogP contribution in [0.5, 0.6) is 0 Å².